The Morgan fingerprint density at radius 3 is 2.69 bits per heavy atom. The van der Waals surface area contributed by atoms with E-state index in [1.54, 1.807) is 25.3 Å². The summed E-state index contributed by atoms with van der Waals surface area (Å²) in [6, 6.07) is 12.7. The van der Waals surface area contributed by atoms with Gasteiger partial charge in [0.2, 0.25) is 0 Å². The highest BCUT2D eigenvalue weighted by Gasteiger charge is 2.26. The summed E-state index contributed by atoms with van der Waals surface area (Å²) in [6.45, 7) is 1.53. The van der Waals surface area contributed by atoms with Crippen molar-refractivity contribution >= 4 is 53.7 Å². The highest BCUT2D eigenvalue weighted by molar-refractivity contribution is 6.30. The Bertz CT molecular complexity index is 758. The van der Waals surface area contributed by atoms with Crippen LogP contribution >= 0.6 is 36.4 Å². The molecule has 5 nitrogen and oxygen atoms in total. The lowest BCUT2D eigenvalue weighted by atomic mass is 10.1. The van der Waals surface area contributed by atoms with Crippen LogP contribution in [0.2, 0.25) is 5.02 Å². The molecule has 1 amide bonds. The van der Waals surface area contributed by atoms with E-state index in [1.165, 1.54) is 0 Å². The quantitative estimate of drug-likeness (QED) is 0.741. The third kappa shape index (κ3) is 4.87. The summed E-state index contributed by atoms with van der Waals surface area (Å²) in [5.41, 5.74) is 7.81. The highest BCUT2D eigenvalue weighted by Crippen LogP contribution is 2.33. The van der Waals surface area contributed by atoms with Gasteiger partial charge < -0.3 is 20.7 Å². The number of para-hydroxylation sites is 1. The van der Waals surface area contributed by atoms with Crippen molar-refractivity contribution in [3.8, 4) is 5.75 Å². The van der Waals surface area contributed by atoms with Gasteiger partial charge in [0.1, 0.15) is 5.75 Å². The third-order valence-electron chi connectivity index (χ3n) is 4.21. The average molecular weight is 419 g/mol. The van der Waals surface area contributed by atoms with Gasteiger partial charge in [-0.1, -0.05) is 23.7 Å². The van der Waals surface area contributed by atoms with E-state index in [2.05, 4.69) is 10.2 Å². The average Bonchev–Trinajstić information content (AvgIpc) is 3.03. The molecular weight excluding hydrogens is 397 g/mol. The number of carbonyl (C=O) groups excluding carboxylic acids is 1. The topological polar surface area (TPSA) is 67.6 Å². The second kappa shape index (κ2) is 9.76. The fourth-order valence-corrected chi connectivity index (χ4v) is 3.14. The van der Waals surface area contributed by atoms with Crippen LogP contribution in [0.5, 0.6) is 5.75 Å². The molecule has 1 unspecified atom stereocenters. The Labute approximate surface area is 170 Å². The minimum atomic E-state index is -0.141. The Morgan fingerprint density at radius 1 is 1.27 bits per heavy atom. The van der Waals surface area contributed by atoms with Crippen molar-refractivity contribution in [3.63, 3.8) is 0 Å². The molecular formula is C18H22Cl3N3O2. The molecule has 2 aromatic carbocycles. The summed E-state index contributed by atoms with van der Waals surface area (Å²) in [5, 5.41) is 3.72. The van der Waals surface area contributed by atoms with Gasteiger partial charge in [0.15, 0.2) is 0 Å². The number of carbonyl (C=O) groups is 1. The van der Waals surface area contributed by atoms with Crippen LogP contribution in [0.4, 0.5) is 11.4 Å². The van der Waals surface area contributed by atoms with E-state index in [4.69, 9.17) is 22.1 Å². The zero-order chi connectivity index (χ0) is 17.1. The molecule has 0 aromatic heterocycles. The SMILES string of the molecule is COc1ccc(Cl)cc1N1CCC(NC(=O)c2ccccc2N)C1.Cl.Cl. The van der Waals surface area contributed by atoms with Gasteiger partial charge in [-0.2, -0.15) is 0 Å². The molecule has 2 aromatic rings. The first-order valence-corrected chi connectivity index (χ1v) is 8.20. The molecule has 3 rings (SSSR count). The van der Waals surface area contributed by atoms with Gasteiger partial charge in [-0.3, -0.25) is 4.79 Å². The van der Waals surface area contributed by atoms with Crippen molar-refractivity contribution in [1.82, 2.24) is 5.32 Å². The summed E-state index contributed by atoms with van der Waals surface area (Å²) >= 11 is 6.10. The van der Waals surface area contributed by atoms with Gasteiger partial charge >= 0.3 is 0 Å². The summed E-state index contributed by atoms with van der Waals surface area (Å²) < 4.78 is 5.41. The van der Waals surface area contributed by atoms with Crippen LogP contribution in [0.15, 0.2) is 42.5 Å². The fraction of sp³-hybridized carbons (Fsp3) is 0.278. The molecule has 0 aliphatic carbocycles. The molecule has 1 heterocycles. The van der Waals surface area contributed by atoms with Crippen LogP contribution in [0.25, 0.3) is 0 Å². The number of anilines is 2. The maximum Gasteiger partial charge on any atom is 0.253 e. The molecule has 1 fully saturated rings. The smallest absolute Gasteiger partial charge is 0.253 e. The zero-order valence-electron chi connectivity index (χ0n) is 14.3. The summed E-state index contributed by atoms with van der Waals surface area (Å²) in [5.74, 6) is 0.636. The zero-order valence-corrected chi connectivity index (χ0v) is 16.7. The van der Waals surface area contributed by atoms with Crippen molar-refractivity contribution in [2.75, 3.05) is 30.8 Å². The molecule has 1 aliphatic heterocycles. The predicted octanol–water partition coefficient (Wildman–Crippen LogP) is 3.78. The molecule has 142 valence electrons. The second-order valence-electron chi connectivity index (χ2n) is 5.81. The molecule has 3 N–H and O–H groups in total. The van der Waals surface area contributed by atoms with E-state index >= 15 is 0 Å². The number of hydrogen-bond acceptors (Lipinski definition) is 4. The summed E-state index contributed by atoms with van der Waals surface area (Å²) in [4.78, 5) is 14.6. The Balaban J connectivity index is 0.00000169. The molecule has 26 heavy (non-hydrogen) atoms. The van der Waals surface area contributed by atoms with E-state index in [-0.39, 0.29) is 36.8 Å². The van der Waals surface area contributed by atoms with E-state index in [0.29, 0.717) is 22.8 Å². The van der Waals surface area contributed by atoms with Gasteiger partial charge in [-0.15, -0.1) is 24.8 Å². The van der Waals surface area contributed by atoms with E-state index in [1.807, 2.05) is 24.3 Å². The Morgan fingerprint density at radius 2 is 2.00 bits per heavy atom. The third-order valence-corrected chi connectivity index (χ3v) is 4.45. The van der Waals surface area contributed by atoms with Gasteiger partial charge in [-0.05, 0) is 36.8 Å². The maximum absolute atomic E-state index is 12.4. The van der Waals surface area contributed by atoms with Gasteiger partial charge in [0.05, 0.1) is 18.4 Å². The number of halogens is 3. The van der Waals surface area contributed by atoms with Crippen LogP contribution in [-0.2, 0) is 0 Å². The lowest BCUT2D eigenvalue weighted by Crippen LogP contribution is -2.37. The first-order chi connectivity index (χ1) is 11.6. The van der Waals surface area contributed by atoms with Crippen molar-refractivity contribution in [1.29, 1.82) is 0 Å². The highest BCUT2D eigenvalue weighted by atomic mass is 35.5. The van der Waals surface area contributed by atoms with Gasteiger partial charge in [0, 0.05) is 29.8 Å². The predicted molar refractivity (Wildman–Crippen MR) is 111 cm³/mol. The molecule has 1 atom stereocenters. The monoisotopic (exact) mass is 417 g/mol. The minimum absolute atomic E-state index is 0. The van der Waals surface area contributed by atoms with Crippen LogP contribution < -0.4 is 20.7 Å². The van der Waals surface area contributed by atoms with Crippen LogP contribution in [0.3, 0.4) is 0 Å². The van der Waals surface area contributed by atoms with Crippen molar-refractivity contribution in [2.45, 2.75) is 12.5 Å². The molecule has 0 radical (unpaired) electrons. The number of rotatable bonds is 4. The van der Waals surface area contributed by atoms with Crippen LogP contribution in [0.1, 0.15) is 16.8 Å². The second-order valence-corrected chi connectivity index (χ2v) is 6.24. The normalized spacial score (nSPS) is 15.6. The first kappa shape index (κ1) is 22.2. The van der Waals surface area contributed by atoms with Crippen LogP contribution in [-0.4, -0.2) is 32.1 Å². The molecule has 8 heteroatoms. The molecule has 1 saturated heterocycles. The number of methoxy groups -OCH3 is 1. The molecule has 0 saturated carbocycles. The number of nitrogens with two attached hydrogens (primary N) is 1. The number of nitrogens with one attached hydrogen (secondary N) is 1. The number of benzene rings is 2. The summed E-state index contributed by atoms with van der Waals surface area (Å²) in [7, 11) is 1.64. The van der Waals surface area contributed by atoms with Crippen molar-refractivity contribution in [3.05, 3.63) is 53.1 Å². The minimum Gasteiger partial charge on any atom is -0.495 e. The number of amides is 1. The van der Waals surface area contributed by atoms with Crippen LogP contribution in [0, 0.1) is 0 Å². The lowest BCUT2D eigenvalue weighted by molar-refractivity contribution is 0.0941. The number of nitrogen functional groups attached to an aromatic ring is 1. The van der Waals surface area contributed by atoms with E-state index in [9.17, 15) is 4.79 Å². The first-order valence-electron chi connectivity index (χ1n) is 7.82. The Kier molecular flexibility index (Phi) is 8.34. The van der Waals surface area contributed by atoms with Crippen molar-refractivity contribution < 1.29 is 9.53 Å². The van der Waals surface area contributed by atoms with E-state index < -0.39 is 0 Å². The maximum atomic E-state index is 12.4. The van der Waals surface area contributed by atoms with Crippen molar-refractivity contribution in [2.24, 2.45) is 0 Å². The fourth-order valence-electron chi connectivity index (χ4n) is 2.97. The molecule has 0 spiro atoms. The summed E-state index contributed by atoms with van der Waals surface area (Å²) in [6.07, 6.45) is 0.855. The number of ether oxygens (including phenoxy) is 1. The standard InChI is InChI=1S/C18H20ClN3O2.2ClH/c1-24-17-7-6-12(19)10-16(17)22-9-8-13(11-22)21-18(23)14-4-2-3-5-15(14)20;;/h2-7,10,13H,8-9,11,20H2,1H3,(H,21,23);2*1H. The number of hydrogen-bond donors (Lipinski definition) is 2. The van der Waals surface area contributed by atoms with E-state index in [0.717, 1.165) is 24.4 Å². The Hall–Kier alpha value is -1.82. The largest absolute Gasteiger partial charge is 0.495 e. The van der Waals surface area contributed by atoms with Gasteiger partial charge in [-0.25, -0.2) is 0 Å². The number of nitrogens with zero attached hydrogens (tertiary/aromatic N) is 1. The molecule has 0 bridgehead atoms. The molecule has 1 aliphatic rings. The van der Waals surface area contributed by atoms with Gasteiger partial charge in [0.25, 0.3) is 5.91 Å². The lowest BCUT2D eigenvalue weighted by Gasteiger charge is -2.22.